The zero-order valence-corrected chi connectivity index (χ0v) is 13.0. The Hall–Kier alpha value is -2.47. The van der Waals surface area contributed by atoms with Crippen molar-refractivity contribution in [1.29, 1.82) is 0 Å². The Labute approximate surface area is 134 Å². The number of amides is 1. The molecule has 0 saturated carbocycles. The SMILES string of the molecule is Cc1cc(OCC2CCCO2)cc(C(=O)Nc2ccccn2)n1. The Kier molecular flexibility index (Phi) is 4.83. The lowest BCUT2D eigenvalue weighted by atomic mass is 10.2. The van der Waals surface area contributed by atoms with Gasteiger partial charge in [0.25, 0.3) is 5.91 Å². The molecule has 1 atom stereocenters. The fourth-order valence-electron chi connectivity index (χ4n) is 2.42. The van der Waals surface area contributed by atoms with Gasteiger partial charge in [0.2, 0.25) is 0 Å². The summed E-state index contributed by atoms with van der Waals surface area (Å²) in [5.41, 5.74) is 1.03. The number of carbonyl (C=O) groups is 1. The van der Waals surface area contributed by atoms with E-state index in [0.717, 1.165) is 25.1 Å². The van der Waals surface area contributed by atoms with E-state index < -0.39 is 0 Å². The highest BCUT2D eigenvalue weighted by Gasteiger charge is 2.17. The third kappa shape index (κ3) is 4.26. The lowest BCUT2D eigenvalue weighted by Crippen LogP contribution is -2.18. The van der Waals surface area contributed by atoms with Crippen molar-refractivity contribution in [2.75, 3.05) is 18.5 Å². The van der Waals surface area contributed by atoms with Crippen LogP contribution in [0.25, 0.3) is 0 Å². The summed E-state index contributed by atoms with van der Waals surface area (Å²) in [6.07, 6.45) is 3.84. The summed E-state index contributed by atoms with van der Waals surface area (Å²) in [5, 5.41) is 2.72. The van der Waals surface area contributed by atoms with Gasteiger partial charge < -0.3 is 14.8 Å². The molecule has 3 heterocycles. The fraction of sp³-hybridized carbons (Fsp3) is 0.353. The fourth-order valence-corrected chi connectivity index (χ4v) is 2.42. The molecule has 1 saturated heterocycles. The quantitative estimate of drug-likeness (QED) is 0.918. The predicted molar refractivity (Wildman–Crippen MR) is 85.6 cm³/mol. The molecule has 2 aromatic heterocycles. The van der Waals surface area contributed by atoms with Crippen LogP contribution in [0.5, 0.6) is 5.75 Å². The average molecular weight is 313 g/mol. The van der Waals surface area contributed by atoms with Gasteiger partial charge in [-0.05, 0) is 31.9 Å². The van der Waals surface area contributed by atoms with E-state index in [1.807, 2.05) is 19.1 Å². The van der Waals surface area contributed by atoms with Gasteiger partial charge in [0, 0.05) is 30.6 Å². The highest BCUT2D eigenvalue weighted by atomic mass is 16.5. The number of anilines is 1. The molecule has 3 rings (SSSR count). The van der Waals surface area contributed by atoms with Crippen LogP contribution in [-0.2, 0) is 4.74 Å². The number of rotatable bonds is 5. The normalized spacial score (nSPS) is 17.0. The monoisotopic (exact) mass is 313 g/mol. The van der Waals surface area contributed by atoms with Crippen LogP contribution in [0.2, 0.25) is 0 Å². The van der Waals surface area contributed by atoms with Gasteiger partial charge in [0.15, 0.2) is 0 Å². The number of hydrogen-bond acceptors (Lipinski definition) is 5. The third-order valence-corrected chi connectivity index (χ3v) is 3.53. The molecular formula is C17H19N3O3. The summed E-state index contributed by atoms with van der Waals surface area (Å²) in [6.45, 7) is 3.11. The van der Waals surface area contributed by atoms with Gasteiger partial charge in [-0.25, -0.2) is 9.97 Å². The van der Waals surface area contributed by atoms with Crippen LogP contribution in [0.1, 0.15) is 29.0 Å². The maximum absolute atomic E-state index is 12.3. The van der Waals surface area contributed by atoms with E-state index in [2.05, 4.69) is 15.3 Å². The zero-order chi connectivity index (χ0) is 16.1. The summed E-state index contributed by atoms with van der Waals surface area (Å²) in [4.78, 5) is 20.6. The smallest absolute Gasteiger partial charge is 0.275 e. The van der Waals surface area contributed by atoms with E-state index in [0.29, 0.717) is 23.9 Å². The largest absolute Gasteiger partial charge is 0.491 e. The highest BCUT2D eigenvalue weighted by molar-refractivity contribution is 6.02. The lowest BCUT2D eigenvalue weighted by Gasteiger charge is -2.12. The van der Waals surface area contributed by atoms with E-state index in [-0.39, 0.29) is 12.0 Å². The number of hydrogen-bond donors (Lipinski definition) is 1. The molecule has 0 radical (unpaired) electrons. The maximum atomic E-state index is 12.3. The molecule has 1 unspecified atom stereocenters. The van der Waals surface area contributed by atoms with E-state index in [1.54, 1.807) is 24.4 Å². The number of nitrogens with zero attached hydrogens (tertiary/aromatic N) is 2. The minimum absolute atomic E-state index is 0.134. The van der Waals surface area contributed by atoms with Crippen LogP contribution < -0.4 is 10.1 Å². The standard InChI is InChI=1S/C17H19N3O3/c1-12-9-14(23-11-13-5-4-8-22-13)10-15(19-12)17(21)20-16-6-2-3-7-18-16/h2-3,6-7,9-10,13H,4-5,8,11H2,1H3,(H,18,20,21). The van der Waals surface area contributed by atoms with Crippen molar-refractivity contribution >= 4 is 11.7 Å². The molecule has 6 heteroatoms. The van der Waals surface area contributed by atoms with Crippen LogP contribution in [0.4, 0.5) is 5.82 Å². The van der Waals surface area contributed by atoms with Gasteiger partial charge in [0.1, 0.15) is 23.9 Å². The Morgan fingerprint density at radius 3 is 3.09 bits per heavy atom. The van der Waals surface area contributed by atoms with Gasteiger partial charge in [-0.2, -0.15) is 0 Å². The maximum Gasteiger partial charge on any atom is 0.275 e. The Morgan fingerprint density at radius 1 is 1.43 bits per heavy atom. The predicted octanol–water partition coefficient (Wildman–Crippen LogP) is 2.60. The first-order valence-electron chi connectivity index (χ1n) is 7.66. The molecule has 120 valence electrons. The second-order valence-corrected chi connectivity index (χ2v) is 5.44. The Morgan fingerprint density at radius 2 is 2.35 bits per heavy atom. The molecule has 2 aromatic rings. The van der Waals surface area contributed by atoms with Crippen molar-refractivity contribution in [2.24, 2.45) is 0 Å². The van der Waals surface area contributed by atoms with Gasteiger partial charge >= 0.3 is 0 Å². The molecule has 1 fully saturated rings. The number of ether oxygens (including phenoxy) is 2. The van der Waals surface area contributed by atoms with Crippen LogP contribution in [0.15, 0.2) is 36.5 Å². The van der Waals surface area contributed by atoms with E-state index in [1.165, 1.54) is 0 Å². The van der Waals surface area contributed by atoms with Crippen molar-refractivity contribution in [1.82, 2.24) is 9.97 Å². The first-order valence-corrected chi connectivity index (χ1v) is 7.66. The van der Waals surface area contributed by atoms with Crippen molar-refractivity contribution in [3.8, 4) is 5.75 Å². The van der Waals surface area contributed by atoms with Gasteiger partial charge in [-0.1, -0.05) is 6.07 Å². The number of nitrogens with one attached hydrogen (secondary N) is 1. The van der Waals surface area contributed by atoms with Crippen molar-refractivity contribution in [3.63, 3.8) is 0 Å². The van der Waals surface area contributed by atoms with Crippen LogP contribution in [-0.4, -0.2) is 35.2 Å². The molecule has 0 aromatic carbocycles. The van der Waals surface area contributed by atoms with E-state index >= 15 is 0 Å². The number of carbonyl (C=O) groups excluding carboxylic acids is 1. The minimum Gasteiger partial charge on any atom is -0.491 e. The second kappa shape index (κ2) is 7.19. The van der Waals surface area contributed by atoms with E-state index in [9.17, 15) is 4.79 Å². The molecule has 23 heavy (non-hydrogen) atoms. The van der Waals surface area contributed by atoms with Crippen LogP contribution in [0, 0.1) is 6.92 Å². The first kappa shape index (κ1) is 15.4. The van der Waals surface area contributed by atoms with Crippen LogP contribution in [0.3, 0.4) is 0 Å². The van der Waals surface area contributed by atoms with E-state index in [4.69, 9.17) is 9.47 Å². The number of aryl methyl sites for hydroxylation is 1. The molecular weight excluding hydrogens is 294 g/mol. The van der Waals surface area contributed by atoms with Gasteiger partial charge in [0.05, 0.1) is 6.10 Å². The molecule has 1 aliphatic heterocycles. The molecule has 1 amide bonds. The molecule has 1 aliphatic rings. The topological polar surface area (TPSA) is 73.3 Å². The average Bonchev–Trinajstić information content (AvgIpc) is 3.07. The van der Waals surface area contributed by atoms with Gasteiger partial charge in [-0.15, -0.1) is 0 Å². The number of pyridine rings is 2. The minimum atomic E-state index is -0.311. The van der Waals surface area contributed by atoms with Gasteiger partial charge in [-0.3, -0.25) is 4.79 Å². The highest BCUT2D eigenvalue weighted by Crippen LogP contribution is 2.18. The van der Waals surface area contributed by atoms with Crippen molar-refractivity contribution < 1.29 is 14.3 Å². The van der Waals surface area contributed by atoms with Crippen molar-refractivity contribution in [2.45, 2.75) is 25.9 Å². The zero-order valence-electron chi connectivity index (χ0n) is 13.0. The molecule has 0 spiro atoms. The summed E-state index contributed by atoms with van der Waals surface area (Å²) in [7, 11) is 0. The molecule has 0 aliphatic carbocycles. The first-order chi connectivity index (χ1) is 11.2. The third-order valence-electron chi connectivity index (χ3n) is 3.53. The Bertz CT molecular complexity index is 670. The summed E-state index contributed by atoms with van der Waals surface area (Å²) < 4.78 is 11.3. The molecule has 6 nitrogen and oxygen atoms in total. The second-order valence-electron chi connectivity index (χ2n) is 5.44. The Balaban J connectivity index is 1.67. The molecule has 1 N–H and O–H groups in total. The summed E-state index contributed by atoms with van der Waals surface area (Å²) >= 11 is 0. The lowest BCUT2D eigenvalue weighted by molar-refractivity contribution is 0.0678. The van der Waals surface area contributed by atoms with Crippen LogP contribution >= 0.6 is 0 Å². The number of aromatic nitrogens is 2. The summed E-state index contributed by atoms with van der Waals surface area (Å²) in [5.74, 6) is 0.802. The molecule has 0 bridgehead atoms. The summed E-state index contributed by atoms with van der Waals surface area (Å²) in [6, 6.07) is 8.77. The van der Waals surface area contributed by atoms with Crippen molar-refractivity contribution in [3.05, 3.63) is 47.9 Å².